The zero-order valence-corrected chi connectivity index (χ0v) is 13.4. The van der Waals surface area contributed by atoms with E-state index < -0.39 is 65.6 Å². The summed E-state index contributed by atoms with van der Waals surface area (Å²) < 4.78 is 101. The van der Waals surface area contributed by atoms with Crippen LogP contribution >= 0.6 is 0 Å². The molecule has 2 rings (SSSR count). The molecular weight excluding hydrogens is 377 g/mol. The van der Waals surface area contributed by atoms with Crippen LogP contribution in [0.3, 0.4) is 0 Å². The molecule has 1 aliphatic heterocycles. The minimum Gasteiger partial charge on any atom is -0.431 e. The molecule has 11 heteroatoms. The summed E-state index contributed by atoms with van der Waals surface area (Å²) >= 11 is 0. The molecule has 0 saturated carbocycles. The highest BCUT2D eigenvalue weighted by molar-refractivity contribution is 5.41. The molecule has 1 fully saturated rings. The molecule has 0 aromatic heterocycles. The SMILES string of the molecule is C[C@H]1[C@@H](c2ccc(F)c(F)c2OC(F)F)C(C(O)O)O[C@@]1(C)C(F)(F)F. The highest BCUT2D eigenvalue weighted by Crippen LogP contribution is 2.55. The first-order valence-corrected chi connectivity index (χ1v) is 7.34. The number of halogens is 7. The van der Waals surface area contributed by atoms with Crippen LogP contribution in [0.2, 0.25) is 0 Å². The van der Waals surface area contributed by atoms with Gasteiger partial charge in [-0.1, -0.05) is 13.0 Å². The van der Waals surface area contributed by atoms with E-state index in [1.165, 1.54) is 0 Å². The summed E-state index contributed by atoms with van der Waals surface area (Å²) in [7, 11) is 0. The van der Waals surface area contributed by atoms with Crippen LogP contribution in [0.5, 0.6) is 5.75 Å². The van der Waals surface area contributed by atoms with Crippen LogP contribution in [-0.2, 0) is 4.74 Å². The Hall–Kier alpha value is -1.59. The summed E-state index contributed by atoms with van der Waals surface area (Å²) in [4.78, 5) is 0. The zero-order valence-electron chi connectivity index (χ0n) is 13.4. The highest BCUT2D eigenvalue weighted by atomic mass is 19.4. The van der Waals surface area contributed by atoms with Gasteiger partial charge in [0.2, 0.25) is 5.82 Å². The van der Waals surface area contributed by atoms with E-state index in [2.05, 4.69) is 4.74 Å². The van der Waals surface area contributed by atoms with E-state index in [0.717, 1.165) is 13.0 Å². The number of rotatable bonds is 4. The molecule has 2 N–H and O–H groups in total. The van der Waals surface area contributed by atoms with Crippen LogP contribution in [0.4, 0.5) is 30.7 Å². The maximum Gasteiger partial charge on any atom is 0.417 e. The number of ether oxygens (including phenoxy) is 2. The highest BCUT2D eigenvalue weighted by Gasteiger charge is 2.65. The van der Waals surface area contributed by atoms with Crippen molar-refractivity contribution in [3.63, 3.8) is 0 Å². The van der Waals surface area contributed by atoms with E-state index in [1.807, 2.05) is 0 Å². The lowest BCUT2D eigenvalue weighted by atomic mass is 9.77. The van der Waals surface area contributed by atoms with E-state index in [-0.39, 0.29) is 0 Å². The van der Waals surface area contributed by atoms with Crippen LogP contribution < -0.4 is 4.74 Å². The second kappa shape index (κ2) is 6.86. The first-order valence-electron chi connectivity index (χ1n) is 7.34. The van der Waals surface area contributed by atoms with Gasteiger partial charge in [-0.2, -0.15) is 26.3 Å². The minimum atomic E-state index is -4.96. The lowest BCUT2D eigenvalue weighted by Gasteiger charge is -2.32. The van der Waals surface area contributed by atoms with Gasteiger partial charge in [-0.05, 0) is 13.0 Å². The number of hydrogen-bond acceptors (Lipinski definition) is 4. The average Bonchev–Trinajstić information content (AvgIpc) is 2.77. The third-order valence-corrected chi connectivity index (χ3v) is 4.65. The zero-order chi connectivity index (χ0) is 20.0. The monoisotopic (exact) mass is 392 g/mol. The standard InChI is InChI=1S/C15H15F7O4/c1-5-8(11(12(23)24)26-14(5,2)15(20,21)22)6-3-4-7(16)9(17)10(6)25-13(18)19/h3-5,8,11-13,23-24H,1-2H3/t5-,8-,11?,14+/m0/s1. The van der Waals surface area contributed by atoms with Gasteiger partial charge in [0, 0.05) is 17.4 Å². The summed E-state index contributed by atoms with van der Waals surface area (Å²) in [5, 5.41) is 18.8. The maximum atomic E-state index is 13.9. The lowest BCUT2D eigenvalue weighted by Crippen LogP contribution is -2.47. The molecule has 1 saturated heterocycles. The molecule has 4 nitrogen and oxygen atoms in total. The Kier molecular flexibility index (Phi) is 5.46. The second-order valence-corrected chi connectivity index (χ2v) is 6.07. The van der Waals surface area contributed by atoms with Crippen molar-refractivity contribution in [1.82, 2.24) is 0 Å². The van der Waals surface area contributed by atoms with E-state index in [4.69, 9.17) is 4.74 Å². The van der Waals surface area contributed by atoms with Crippen LogP contribution in [0, 0.1) is 17.6 Å². The normalized spacial score (nSPS) is 29.7. The smallest absolute Gasteiger partial charge is 0.417 e. The molecule has 4 atom stereocenters. The predicted octanol–water partition coefficient (Wildman–Crippen LogP) is 3.32. The van der Waals surface area contributed by atoms with E-state index >= 15 is 0 Å². The summed E-state index contributed by atoms with van der Waals surface area (Å²) in [6, 6.07) is 1.26. The molecule has 1 aromatic carbocycles. The molecular formula is C15H15F7O4. The lowest BCUT2D eigenvalue weighted by molar-refractivity contribution is -0.287. The molecule has 1 aliphatic rings. The molecule has 0 aliphatic carbocycles. The van der Waals surface area contributed by atoms with Gasteiger partial charge in [0.1, 0.15) is 6.10 Å². The largest absolute Gasteiger partial charge is 0.431 e. The number of hydrogen-bond donors (Lipinski definition) is 2. The molecule has 1 aromatic rings. The Bertz CT molecular complexity index is 664. The Morgan fingerprint density at radius 3 is 2.23 bits per heavy atom. The Morgan fingerprint density at radius 1 is 1.19 bits per heavy atom. The maximum absolute atomic E-state index is 13.9. The molecule has 148 valence electrons. The summed E-state index contributed by atoms with van der Waals surface area (Å²) in [6.07, 6.45) is -9.35. The van der Waals surface area contributed by atoms with Crippen molar-refractivity contribution in [3.8, 4) is 5.75 Å². The van der Waals surface area contributed by atoms with Gasteiger partial charge >= 0.3 is 12.8 Å². The fourth-order valence-corrected chi connectivity index (χ4v) is 3.13. The Labute approximate surface area is 143 Å². The van der Waals surface area contributed by atoms with Crippen molar-refractivity contribution in [2.24, 2.45) is 5.92 Å². The third kappa shape index (κ3) is 3.35. The average molecular weight is 392 g/mol. The van der Waals surface area contributed by atoms with Crippen molar-refractivity contribution in [1.29, 1.82) is 0 Å². The van der Waals surface area contributed by atoms with Gasteiger partial charge in [-0.3, -0.25) is 0 Å². The second-order valence-electron chi connectivity index (χ2n) is 6.07. The first-order chi connectivity index (χ1) is 11.8. The van der Waals surface area contributed by atoms with Crippen LogP contribution in [0.15, 0.2) is 12.1 Å². The fourth-order valence-electron chi connectivity index (χ4n) is 3.13. The predicted molar refractivity (Wildman–Crippen MR) is 72.5 cm³/mol. The third-order valence-electron chi connectivity index (χ3n) is 4.65. The number of aliphatic hydroxyl groups is 2. The summed E-state index contributed by atoms with van der Waals surface area (Å²) in [6.45, 7) is -1.93. The Morgan fingerprint density at radius 2 is 1.77 bits per heavy atom. The van der Waals surface area contributed by atoms with Crippen molar-refractivity contribution >= 4 is 0 Å². The number of benzene rings is 1. The van der Waals surface area contributed by atoms with Gasteiger partial charge < -0.3 is 19.7 Å². The van der Waals surface area contributed by atoms with Crippen molar-refractivity contribution < 1.29 is 50.4 Å². The van der Waals surface area contributed by atoms with Crippen LogP contribution in [0.25, 0.3) is 0 Å². The topological polar surface area (TPSA) is 58.9 Å². The molecule has 0 bridgehead atoms. The van der Waals surface area contributed by atoms with Gasteiger partial charge in [-0.25, -0.2) is 4.39 Å². The van der Waals surface area contributed by atoms with E-state index in [0.29, 0.717) is 13.0 Å². The molecule has 1 heterocycles. The van der Waals surface area contributed by atoms with Crippen molar-refractivity contribution in [2.45, 2.75) is 50.5 Å². The first kappa shape index (κ1) is 20.7. The minimum absolute atomic E-state index is 0.514. The Balaban J connectivity index is 2.63. The van der Waals surface area contributed by atoms with Gasteiger partial charge in [-0.15, -0.1) is 0 Å². The van der Waals surface area contributed by atoms with E-state index in [1.54, 1.807) is 0 Å². The van der Waals surface area contributed by atoms with Gasteiger partial charge in [0.25, 0.3) is 0 Å². The van der Waals surface area contributed by atoms with Gasteiger partial charge in [0.05, 0.1) is 0 Å². The molecule has 0 amide bonds. The van der Waals surface area contributed by atoms with Crippen molar-refractivity contribution in [3.05, 3.63) is 29.3 Å². The van der Waals surface area contributed by atoms with E-state index in [9.17, 15) is 40.9 Å². The molecule has 0 spiro atoms. The fraction of sp³-hybridized carbons (Fsp3) is 0.600. The number of alkyl halides is 5. The number of aliphatic hydroxyl groups excluding tert-OH is 1. The molecule has 26 heavy (non-hydrogen) atoms. The van der Waals surface area contributed by atoms with Crippen molar-refractivity contribution in [2.75, 3.05) is 0 Å². The summed E-state index contributed by atoms with van der Waals surface area (Å²) in [5.41, 5.74) is -3.48. The van der Waals surface area contributed by atoms with Crippen LogP contribution in [-0.4, -0.2) is 41.0 Å². The van der Waals surface area contributed by atoms with Crippen LogP contribution in [0.1, 0.15) is 25.3 Å². The molecule has 1 unspecified atom stereocenters. The van der Waals surface area contributed by atoms with Gasteiger partial charge in [0.15, 0.2) is 23.5 Å². The quantitative estimate of drug-likeness (QED) is 0.610. The molecule has 0 radical (unpaired) electrons. The summed E-state index contributed by atoms with van der Waals surface area (Å²) in [5.74, 6) is -7.89.